The molecule has 0 atom stereocenters. The maximum Gasteiger partial charge on any atom is 0.154 e. The van der Waals surface area contributed by atoms with E-state index in [9.17, 15) is 9.90 Å². The quantitative estimate of drug-likeness (QED) is 0.613. The van der Waals surface area contributed by atoms with Gasteiger partial charge in [-0.15, -0.1) is 11.6 Å². The SMILES string of the molecule is O=Cc1c(O)cccc1C=CCCCl. The third-order valence-electron chi connectivity index (χ3n) is 1.81. The van der Waals surface area contributed by atoms with Crippen LogP contribution in [0.25, 0.3) is 6.08 Å². The molecule has 74 valence electrons. The van der Waals surface area contributed by atoms with Gasteiger partial charge in [0, 0.05) is 5.88 Å². The zero-order valence-electron chi connectivity index (χ0n) is 7.61. The zero-order valence-corrected chi connectivity index (χ0v) is 8.37. The lowest BCUT2D eigenvalue weighted by atomic mass is 10.1. The minimum absolute atomic E-state index is 0.00743. The van der Waals surface area contributed by atoms with Crippen LogP contribution in [0.4, 0.5) is 0 Å². The van der Waals surface area contributed by atoms with Crippen molar-refractivity contribution in [2.75, 3.05) is 5.88 Å². The second-order valence-electron chi connectivity index (χ2n) is 2.78. The average molecular weight is 211 g/mol. The van der Waals surface area contributed by atoms with Gasteiger partial charge in [0.05, 0.1) is 5.56 Å². The van der Waals surface area contributed by atoms with Crippen LogP contribution in [0.3, 0.4) is 0 Å². The summed E-state index contributed by atoms with van der Waals surface area (Å²) in [5.41, 5.74) is 1.03. The Morgan fingerprint density at radius 2 is 2.21 bits per heavy atom. The number of aldehydes is 1. The van der Waals surface area contributed by atoms with Crippen LogP contribution in [0.1, 0.15) is 22.3 Å². The van der Waals surface area contributed by atoms with E-state index in [4.69, 9.17) is 11.6 Å². The highest BCUT2D eigenvalue weighted by atomic mass is 35.5. The fourth-order valence-corrected chi connectivity index (χ4v) is 1.24. The summed E-state index contributed by atoms with van der Waals surface area (Å²) in [6.07, 6.45) is 5.05. The molecule has 0 aliphatic carbocycles. The molecule has 14 heavy (non-hydrogen) atoms. The molecular formula is C11H11ClO2. The number of aromatic hydroxyl groups is 1. The summed E-state index contributed by atoms with van der Waals surface area (Å²) in [5.74, 6) is 0.555. The Morgan fingerprint density at radius 1 is 1.43 bits per heavy atom. The average Bonchev–Trinajstić information content (AvgIpc) is 2.18. The molecule has 0 spiro atoms. The summed E-state index contributed by atoms with van der Waals surface area (Å²) in [7, 11) is 0. The van der Waals surface area contributed by atoms with Crippen LogP contribution in [-0.4, -0.2) is 17.3 Å². The molecule has 1 N–H and O–H groups in total. The maximum atomic E-state index is 10.7. The third kappa shape index (κ3) is 2.60. The first kappa shape index (κ1) is 10.8. The molecule has 0 fully saturated rings. The highest BCUT2D eigenvalue weighted by Crippen LogP contribution is 2.19. The number of allylic oxidation sites excluding steroid dienone is 1. The van der Waals surface area contributed by atoms with Gasteiger partial charge in [-0.05, 0) is 18.1 Å². The molecule has 0 radical (unpaired) electrons. The molecule has 0 saturated carbocycles. The van der Waals surface area contributed by atoms with E-state index in [0.717, 1.165) is 6.42 Å². The Morgan fingerprint density at radius 3 is 2.86 bits per heavy atom. The molecule has 1 rings (SSSR count). The van der Waals surface area contributed by atoms with Gasteiger partial charge in [-0.1, -0.05) is 24.3 Å². The van der Waals surface area contributed by atoms with Gasteiger partial charge in [0.1, 0.15) is 5.75 Å². The second kappa shape index (κ2) is 5.45. The Labute approximate surface area is 87.8 Å². The molecule has 0 aliphatic rings. The summed E-state index contributed by atoms with van der Waals surface area (Å²) in [6.45, 7) is 0. The Bertz CT molecular complexity index is 345. The predicted octanol–water partition coefficient (Wildman–Crippen LogP) is 2.85. The number of hydrogen-bond acceptors (Lipinski definition) is 2. The summed E-state index contributed by atoms with van der Waals surface area (Å²) >= 11 is 5.50. The van der Waals surface area contributed by atoms with E-state index in [1.165, 1.54) is 6.07 Å². The number of phenolic OH excluding ortho intramolecular Hbond substituents is 1. The van der Waals surface area contributed by atoms with Crippen molar-refractivity contribution >= 4 is 24.0 Å². The number of rotatable bonds is 4. The van der Waals surface area contributed by atoms with Crippen molar-refractivity contribution in [3.63, 3.8) is 0 Å². The highest BCUT2D eigenvalue weighted by molar-refractivity contribution is 6.17. The van der Waals surface area contributed by atoms with Crippen LogP contribution in [0.15, 0.2) is 24.3 Å². The number of carbonyl (C=O) groups is 1. The van der Waals surface area contributed by atoms with Crippen LogP contribution in [-0.2, 0) is 0 Å². The fraction of sp³-hybridized carbons (Fsp3) is 0.182. The molecule has 0 aliphatic heterocycles. The molecule has 0 heterocycles. The Hall–Kier alpha value is -1.28. The molecule has 1 aromatic rings. The molecule has 0 aromatic heterocycles. The first-order valence-electron chi connectivity index (χ1n) is 4.29. The number of alkyl halides is 1. The van der Waals surface area contributed by atoms with Crippen LogP contribution < -0.4 is 0 Å². The summed E-state index contributed by atoms with van der Waals surface area (Å²) < 4.78 is 0. The number of halogens is 1. The molecule has 0 unspecified atom stereocenters. The van der Waals surface area contributed by atoms with Crippen molar-refractivity contribution in [1.29, 1.82) is 0 Å². The van der Waals surface area contributed by atoms with Crippen molar-refractivity contribution in [3.8, 4) is 5.75 Å². The monoisotopic (exact) mass is 210 g/mol. The number of carbonyl (C=O) groups excluding carboxylic acids is 1. The molecule has 1 aromatic carbocycles. The van der Waals surface area contributed by atoms with Crippen LogP contribution in [0.5, 0.6) is 5.75 Å². The molecule has 0 amide bonds. The first-order valence-corrected chi connectivity index (χ1v) is 4.82. The lowest BCUT2D eigenvalue weighted by Gasteiger charge is -2.00. The normalized spacial score (nSPS) is 10.6. The van der Waals surface area contributed by atoms with Crippen molar-refractivity contribution in [3.05, 3.63) is 35.4 Å². The van der Waals surface area contributed by atoms with E-state index in [1.807, 2.05) is 6.08 Å². The lowest BCUT2D eigenvalue weighted by molar-refractivity contribution is 0.112. The smallest absolute Gasteiger partial charge is 0.154 e. The van der Waals surface area contributed by atoms with Gasteiger partial charge < -0.3 is 5.11 Å². The standard InChI is InChI=1S/C11H11ClO2/c12-7-2-1-4-9-5-3-6-11(14)10(9)8-13/h1,3-6,8,14H,2,7H2. The lowest BCUT2D eigenvalue weighted by Crippen LogP contribution is -1.86. The van der Waals surface area contributed by atoms with Gasteiger partial charge in [0.15, 0.2) is 6.29 Å². The van der Waals surface area contributed by atoms with Gasteiger partial charge in [-0.25, -0.2) is 0 Å². The van der Waals surface area contributed by atoms with Crippen molar-refractivity contribution in [2.24, 2.45) is 0 Å². The summed E-state index contributed by atoms with van der Waals surface area (Å²) in [5, 5.41) is 9.36. The van der Waals surface area contributed by atoms with Gasteiger partial charge >= 0.3 is 0 Å². The number of phenols is 1. The van der Waals surface area contributed by atoms with Gasteiger partial charge in [0.2, 0.25) is 0 Å². The zero-order chi connectivity index (χ0) is 10.4. The molecular weight excluding hydrogens is 200 g/mol. The summed E-state index contributed by atoms with van der Waals surface area (Å²) in [6, 6.07) is 4.96. The van der Waals surface area contributed by atoms with Gasteiger partial charge in [0.25, 0.3) is 0 Å². The van der Waals surface area contributed by atoms with Crippen LogP contribution in [0.2, 0.25) is 0 Å². The van der Waals surface area contributed by atoms with Crippen LogP contribution in [0, 0.1) is 0 Å². The first-order chi connectivity index (χ1) is 6.79. The van der Waals surface area contributed by atoms with Crippen molar-refractivity contribution in [2.45, 2.75) is 6.42 Å². The largest absolute Gasteiger partial charge is 0.507 e. The maximum absolute atomic E-state index is 10.7. The predicted molar refractivity (Wildman–Crippen MR) is 57.9 cm³/mol. The third-order valence-corrected chi connectivity index (χ3v) is 2.03. The van der Waals surface area contributed by atoms with Gasteiger partial charge in [-0.2, -0.15) is 0 Å². The van der Waals surface area contributed by atoms with E-state index in [-0.39, 0.29) is 5.75 Å². The minimum atomic E-state index is 0.00743. The Balaban J connectivity index is 2.96. The highest BCUT2D eigenvalue weighted by Gasteiger charge is 2.02. The molecule has 0 bridgehead atoms. The topological polar surface area (TPSA) is 37.3 Å². The molecule has 3 heteroatoms. The van der Waals surface area contributed by atoms with Crippen molar-refractivity contribution < 1.29 is 9.90 Å². The van der Waals surface area contributed by atoms with E-state index >= 15 is 0 Å². The van der Waals surface area contributed by atoms with Crippen LogP contribution >= 0.6 is 11.6 Å². The van der Waals surface area contributed by atoms with E-state index in [1.54, 1.807) is 18.2 Å². The van der Waals surface area contributed by atoms with Gasteiger partial charge in [-0.3, -0.25) is 4.79 Å². The second-order valence-corrected chi connectivity index (χ2v) is 3.16. The number of hydrogen-bond donors (Lipinski definition) is 1. The fourth-order valence-electron chi connectivity index (χ4n) is 1.12. The Kier molecular flexibility index (Phi) is 4.20. The van der Waals surface area contributed by atoms with E-state index in [0.29, 0.717) is 23.3 Å². The van der Waals surface area contributed by atoms with E-state index in [2.05, 4.69) is 0 Å². The molecule has 2 nitrogen and oxygen atoms in total. The van der Waals surface area contributed by atoms with E-state index < -0.39 is 0 Å². The number of benzene rings is 1. The summed E-state index contributed by atoms with van der Waals surface area (Å²) in [4.78, 5) is 10.7. The minimum Gasteiger partial charge on any atom is -0.507 e. The molecule has 0 saturated heterocycles. The van der Waals surface area contributed by atoms with Crippen molar-refractivity contribution in [1.82, 2.24) is 0 Å².